The van der Waals surface area contributed by atoms with E-state index < -0.39 is 0 Å². The van der Waals surface area contributed by atoms with Gasteiger partial charge in [-0.25, -0.2) is 4.39 Å². The summed E-state index contributed by atoms with van der Waals surface area (Å²) in [5, 5.41) is 0. The normalized spacial score (nSPS) is 25.1. The van der Waals surface area contributed by atoms with Crippen LogP contribution in [0.4, 0.5) is 4.39 Å². The highest BCUT2D eigenvalue weighted by Gasteiger charge is 2.35. The molecule has 2 heteroatoms. The summed E-state index contributed by atoms with van der Waals surface area (Å²) >= 11 is 3.49. The van der Waals surface area contributed by atoms with Crippen LogP contribution in [0.1, 0.15) is 42.7 Å². The second-order valence-electron chi connectivity index (χ2n) is 4.79. The topological polar surface area (TPSA) is 0 Å². The van der Waals surface area contributed by atoms with Crippen LogP contribution in [0.25, 0.3) is 0 Å². The van der Waals surface area contributed by atoms with Gasteiger partial charge in [-0.3, -0.25) is 0 Å². The molecule has 15 heavy (non-hydrogen) atoms. The van der Waals surface area contributed by atoms with Gasteiger partial charge in [-0.2, -0.15) is 0 Å². The van der Waals surface area contributed by atoms with Crippen molar-refractivity contribution in [1.82, 2.24) is 0 Å². The quantitative estimate of drug-likeness (QED) is 0.708. The summed E-state index contributed by atoms with van der Waals surface area (Å²) in [5.74, 6) is 1.40. The molecule has 80 valence electrons. The van der Waals surface area contributed by atoms with Gasteiger partial charge < -0.3 is 0 Å². The molecule has 0 N–H and O–H groups in total. The molecular weight excluding hydrogens is 255 g/mol. The number of benzene rings is 1. The largest absolute Gasteiger partial charge is 0.207 e. The molecule has 1 aromatic carbocycles. The van der Waals surface area contributed by atoms with Crippen LogP contribution in [0.15, 0.2) is 16.6 Å². The maximum atomic E-state index is 13.4. The Morgan fingerprint density at radius 1 is 1.20 bits per heavy atom. The second-order valence-corrected chi connectivity index (χ2v) is 5.65. The van der Waals surface area contributed by atoms with Gasteiger partial charge in [0.2, 0.25) is 0 Å². The molecule has 0 aromatic heterocycles. The zero-order valence-corrected chi connectivity index (χ0v) is 10.2. The molecule has 2 aliphatic rings. The molecule has 1 unspecified atom stereocenters. The number of fused-ring (bicyclic) bond motifs is 1. The molecule has 0 heterocycles. The van der Waals surface area contributed by atoms with Gasteiger partial charge in [-0.1, -0.05) is 15.9 Å². The fourth-order valence-corrected chi connectivity index (χ4v) is 3.51. The van der Waals surface area contributed by atoms with Gasteiger partial charge in [0.05, 0.1) is 0 Å². The van der Waals surface area contributed by atoms with Gasteiger partial charge in [0.15, 0.2) is 0 Å². The molecule has 0 saturated heterocycles. The van der Waals surface area contributed by atoms with Crippen LogP contribution in [0.3, 0.4) is 0 Å². The van der Waals surface area contributed by atoms with E-state index in [9.17, 15) is 4.39 Å². The lowest BCUT2D eigenvalue weighted by molar-refractivity contribution is 0.496. The Morgan fingerprint density at radius 3 is 2.73 bits per heavy atom. The molecule has 1 fully saturated rings. The first-order valence-electron chi connectivity index (χ1n) is 5.73. The smallest absolute Gasteiger partial charge is 0.124 e. The summed E-state index contributed by atoms with van der Waals surface area (Å²) < 4.78 is 14.4. The van der Waals surface area contributed by atoms with Crippen LogP contribution < -0.4 is 0 Å². The van der Waals surface area contributed by atoms with Crippen molar-refractivity contribution >= 4 is 15.9 Å². The molecule has 0 spiro atoms. The number of hydrogen-bond donors (Lipinski definition) is 0. The Hall–Kier alpha value is -0.370. The third kappa shape index (κ3) is 1.73. The Morgan fingerprint density at radius 2 is 2.00 bits per heavy atom. The van der Waals surface area contributed by atoms with E-state index >= 15 is 0 Å². The van der Waals surface area contributed by atoms with E-state index in [0.717, 1.165) is 16.8 Å². The Labute approximate surface area is 98.0 Å². The van der Waals surface area contributed by atoms with E-state index in [-0.39, 0.29) is 5.82 Å². The van der Waals surface area contributed by atoms with E-state index in [1.54, 1.807) is 12.1 Å². The van der Waals surface area contributed by atoms with Crippen molar-refractivity contribution in [3.05, 3.63) is 33.5 Å². The zero-order chi connectivity index (χ0) is 10.4. The average molecular weight is 269 g/mol. The van der Waals surface area contributed by atoms with Crippen molar-refractivity contribution in [1.29, 1.82) is 0 Å². The van der Waals surface area contributed by atoms with Gasteiger partial charge >= 0.3 is 0 Å². The van der Waals surface area contributed by atoms with E-state index in [2.05, 4.69) is 15.9 Å². The zero-order valence-electron chi connectivity index (χ0n) is 8.60. The van der Waals surface area contributed by atoms with Crippen molar-refractivity contribution in [3.63, 3.8) is 0 Å². The molecule has 0 nitrogen and oxygen atoms in total. The summed E-state index contributed by atoms with van der Waals surface area (Å²) in [6, 6.07) is 3.37. The molecule has 3 rings (SSSR count). The number of rotatable bonds is 1. The van der Waals surface area contributed by atoms with Gasteiger partial charge in [0, 0.05) is 4.47 Å². The SMILES string of the molecule is Fc1cc(Br)c2c(c1)C(C1CC1)CCC2. The average Bonchev–Trinajstić information content (AvgIpc) is 3.00. The lowest BCUT2D eigenvalue weighted by Gasteiger charge is -2.26. The predicted molar refractivity (Wildman–Crippen MR) is 62.5 cm³/mol. The molecule has 0 aliphatic heterocycles. The predicted octanol–water partition coefficient (Wildman–Crippen LogP) is 4.42. The fraction of sp³-hybridized carbons (Fsp3) is 0.538. The third-order valence-electron chi connectivity index (χ3n) is 3.73. The summed E-state index contributed by atoms with van der Waals surface area (Å²) in [6.07, 6.45) is 6.32. The Balaban J connectivity index is 2.08. The van der Waals surface area contributed by atoms with E-state index in [1.165, 1.54) is 36.8 Å². The van der Waals surface area contributed by atoms with Crippen molar-refractivity contribution < 1.29 is 4.39 Å². The van der Waals surface area contributed by atoms with E-state index in [0.29, 0.717) is 5.92 Å². The highest BCUT2D eigenvalue weighted by molar-refractivity contribution is 9.10. The highest BCUT2D eigenvalue weighted by atomic mass is 79.9. The summed E-state index contributed by atoms with van der Waals surface area (Å²) in [4.78, 5) is 0. The third-order valence-corrected chi connectivity index (χ3v) is 4.43. The molecule has 0 radical (unpaired) electrons. The van der Waals surface area contributed by atoms with Crippen LogP contribution in [0.2, 0.25) is 0 Å². The minimum atomic E-state index is -0.0897. The van der Waals surface area contributed by atoms with E-state index in [4.69, 9.17) is 0 Å². The maximum absolute atomic E-state index is 13.4. The van der Waals surface area contributed by atoms with Crippen LogP contribution in [0.5, 0.6) is 0 Å². The standard InChI is InChI=1S/C13H14BrF/c14-13-7-9(15)6-12-10(8-4-5-8)2-1-3-11(12)13/h6-8,10H,1-5H2. The first-order chi connectivity index (χ1) is 7.25. The lowest BCUT2D eigenvalue weighted by atomic mass is 9.80. The van der Waals surface area contributed by atoms with Gasteiger partial charge in [-0.15, -0.1) is 0 Å². The van der Waals surface area contributed by atoms with Crippen molar-refractivity contribution in [3.8, 4) is 0 Å². The van der Waals surface area contributed by atoms with Gasteiger partial charge in [-0.05, 0) is 67.2 Å². The van der Waals surface area contributed by atoms with Crippen LogP contribution in [-0.4, -0.2) is 0 Å². The monoisotopic (exact) mass is 268 g/mol. The molecule has 0 amide bonds. The highest BCUT2D eigenvalue weighted by Crippen LogP contribution is 2.49. The van der Waals surface area contributed by atoms with Crippen LogP contribution in [-0.2, 0) is 6.42 Å². The minimum Gasteiger partial charge on any atom is -0.207 e. The molecule has 1 aromatic rings. The summed E-state index contributed by atoms with van der Waals surface area (Å²) in [6.45, 7) is 0. The molecule has 1 atom stereocenters. The van der Waals surface area contributed by atoms with E-state index in [1.807, 2.05) is 0 Å². The van der Waals surface area contributed by atoms with Crippen molar-refractivity contribution in [2.45, 2.75) is 38.0 Å². The Kier molecular flexibility index (Phi) is 2.35. The van der Waals surface area contributed by atoms with Gasteiger partial charge in [0.25, 0.3) is 0 Å². The Bertz CT molecular complexity index is 396. The number of hydrogen-bond acceptors (Lipinski definition) is 0. The van der Waals surface area contributed by atoms with Gasteiger partial charge in [0.1, 0.15) is 5.82 Å². The molecule has 0 bridgehead atoms. The van der Waals surface area contributed by atoms with Crippen LogP contribution >= 0.6 is 15.9 Å². The second kappa shape index (κ2) is 3.58. The molecular formula is C13H14BrF. The first-order valence-corrected chi connectivity index (χ1v) is 6.53. The minimum absolute atomic E-state index is 0.0897. The summed E-state index contributed by atoms with van der Waals surface area (Å²) in [5.41, 5.74) is 2.65. The molecule has 2 aliphatic carbocycles. The fourth-order valence-electron chi connectivity index (χ4n) is 2.86. The van der Waals surface area contributed by atoms with Crippen molar-refractivity contribution in [2.24, 2.45) is 5.92 Å². The van der Waals surface area contributed by atoms with Crippen LogP contribution in [0, 0.1) is 11.7 Å². The number of halogens is 2. The molecule has 1 saturated carbocycles. The van der Waals surface area contributed by atoms with Crippen molar-refractivity contribution in [2.75, 3.05) is 0 Å². The maximum Gasteiger partial charge on any atom is 0.124 e. The first kappa shape index (κ1) is 9.83. The summed E-state index contributed by atoms with van der Waals surface area (Å²) in [7, 11) is 0. The lowest BCUT2D eigenvalue weighted by Crippen LogP contribution is -2.12.